The zero-order valence-electron chi connectivity index (χ0n) is 18.1. The van der Waals surface area contributed by atoms with Gasteiger partial charge >= 0.3 is 0 Å². The highest BCUT2D eigenvalue weighted by Gasteiger charge is 2.27. The lowest BCUT2D eigenvalue weighted by Gasteiger charge is -2.31. The number of piperidine rings is 1. The first kappa shape index (κ1) is 20.8. The number of ether oxygens (including phenoxy) is 1. The summed E-state index contributed by atoms with van der Waals surface area (Å²) in [6.07, 6.45) is 5.43. The SMILES string of the molecule is COc1ccccc1C(=O)N1CCC(=C2c3ccc(Cl)cc3CCc3cccnc32)CC1. The number of hydrogen-bond donors (Lipinski definition) is 0. The molecule has 2 aromatic carbocycles. The minimum Gasteiger partial charge on any atom is -0.496 e. The molecule has 1 aliphatic carbocycles. The normalized spacial score (nSPS) is 15.6. The van der Waals surface area contributed by atoms with Crippen molar-refractivity contribution in [2.75, 3.05) is 20.2 Å². The summed E-state index contributed by atoms with van der Waals surface area (Å²) in [5, 5.41) is 0.768. The summed E-state index contributed by atoms with van der Waals surface area (Å²) in [6, 6.07) is 17.8. The molecule has 3 aromatic rings. The second-order valence-electron chi connectivity index (χ2n) is 8.28. The average molecular weight is 445 g/mol. The van der Waals surface area contributed by atoms with E-state index in [1.807, 2.05) is 47.5 Å². The first-order valence-electron chi connectivity index (χ1n) is 11.0. The molecular weight excluding hydrogens is 420 g/mol. The van der Waals surface area contributed by atoms with Gasteiger partial charge in [0, 0.05) is 29.9 Å². The largest absolute Gasteiger partial charge is 0.496 e. The molecule has 5 rings (SSSR count). The van der Waals surface area contributed by atoms with Gasteiger partial charge in [0.25, 0.3) is 5.91 Å². The predicted octanol–water partition coefficient (Wildman–Crippen LogP) is 5.58. The highest BCUT2D eigenvalue weighted by molar-refractivity contribution is 6.30. The maximum Gasteiger partial charge on any atom is 0.257 e. The van der Waals surface area contributed by atoms with Crippen LogP contribution in [0, 0.1) is 0 Å². The number of para-hydroxylation sites is 1. The monoisotopic (exact) mass is 444 g/mol. The van der Waals surface area contributed by atoms with Crippen molar-refractivity contribution in [1.82, 2.24) is 9.88 Å². The average Bonchev–Trinajstić information content (AvgIpc) is 3.00. The minimum absolute atomic E-state index is 0.0260. The van der Waals surface area contributed by atoms with Crippen LogP contribution in [0.5, 0.6) is 5.75 Å². The molecule has 0 radical (unpaired) electrons. The molecule has 0 atom stereocenters. The molecule has 2 aliphatic rings. The highest BCUT2D eigenvalue weighted by atomic mass is 35.5. The van der Waals surface area contributed by atoms with Crippen molar-refractivity contribution < 1.29 is 9.53 Å². The summed E-state index contributed by atoms with van der Waals surface area (Å²) in [7, 11) is 1.60. The molecule has 1 amide bonds. The van der Waals surface area contributed by atoms with E-state index in [1.54, 1.807) is 7.11 Å². The van der Waals surface area contributed by atoms with E-state index in [-0.39, 0.29) is 5.91 Å². The molecule has 0 spiro atoms. The number of nitrogens with zero attached hydrogens (tertiary/aromatic N) is 2. The van der Waals surface area contributed by atoms with Crippen LogP contribution >= 0.6 is 11.6 Å². The van der Waals surface area contributed by atoms with Gasteiger partial charge in [-0.15, -0.1) is 0 Å². The van der Waals surface area contributed by atoms with Crippen molar-refractivity contribution in [1.29, 1.82) is 0 Å². The van der Waals surface area contributed by atoms with Gasteiger partial charge < -0.3 is 9.64 Å². The van der Waals surface area contributed by atoms with Gasteiger partial charge in [0.2, 0.25) is 0 Å². The third-order valence-electron chi connectivity index (χ3n) is 6.47. The minimum atomic E-state index is 0.0260. The number of carbonyl (C=O) groups is 1. The number of hydrogen-bond acceptors (Lipinski definition) is 3. The van der Waals surface area contributed by atoms with Crippen molar-refractivity contribution in [3.8, 4) is 5.75 Å². The number of aryl methyl sites for hydroxylation is 2. The smallest absolute Gasteiger partial charge is 0.257 e. The fourth-order valence-electron chi connectivity index (χ4n) is 4.85. The van der Waals surface area contributed by atoms with Gasteiger partial charge in [-0.25, -0.2) is 0 Å². The number of benzene rings is 2. The zero-order chi connectivity index (χ0) is 22.1. The van der Waals surface area contributed by atoms with Gasteiger partial charge in [-0.1, -0.05) is 41.4 Å². The second kappa shape index (κ2) is 8.79. The molecule has 1 aliphatic heterocycles. The summed E-state index contributed by atoms with van der Waals surface area (Å²) in [5.74, 6) is 0.646. The molecule has 1 fully saturated rings. The van der Waals surface area contributed by atoms with E-state index >= 15 is 0 Å². The molecular formula is C27H25ClN2O2. The van der Waals surface area contributed by atoms with Gasteiger partial charge in [-0.2, -0.15) is 0 Å². The molecule has 1 aromatic heterocycles. The van der Waals surface area contributed by atoms with E-state index < -0.39 is 0 Å². The Morgan fingerprint density at radius 1 is 0.969 bits per heavy atom. The maximum atomic E-state index is 13.2. The predicted molar refractivity (Wildman–Crippen MR) is 127 cm³/mol. The number of halogens is 1. The number of aromatic nitrogens is 1. The van der Waals surface area contributed by atoms with Crippen LogP contribution in [0.2, 0.25) is 5.02 Å². The van der Waals surface area contributed by atoms with Crippen molar-refractivity contribution in [3.05, 3.63) is 99.3 Å². The first-order chi connectivity index (χ1) is 15.7. The summed E-state index contributed by atoms with van der Waals surface area (Å²) in [4.78, 5) is 19.9. The maximum absolute atomic E-state index is 13.2. The van der Waals surface area contributed by atoms with Gasteiger partial charge in [0.05, 0.1) is 18.4 Å². The highest BCUT2D eigenvalue weighted by Crippen LogP contribution is 2.38. The Balaban J connectivity index is 1.50. The van der Waals surface area contributed by atoms with Crippen LogP contribution in [0.4, 0.5) is 0 Å². The Morgan fingerprint density at radius 3 is 2.56 bits per heavy atom. The molecule has 1 saturated heterocycles. The fraction of sp³-hybridized carbons (Fsp3) is 0.259. The Morgan fingerprint density at radius 2 is 1.75 bits per heavy atom. The number of amides is 1. The molecule has 0 bridgehead atoms. The third-order valence-corrected chi connectivity index (χ3v) is 6.71. The Bertz CT molecular complexity index is 1210. The number of fused-ring (bicyclic) bond motifs is 2. The third kappa shape index (κ3) is 3.80. The molecule has 2 heterocycles. The number of likely N-dealkylation sites (tertiary alicyclic amines) is 1. The Hall–Kier alpha value is -3.11. The number of pyridine rings is 1. The van der Waals surface area contributed by atoms with Crippen molar-refractivity contribution in [3.63, 3.8) is 0 Å². The van der Waals surface area contributed by atoms with E-state index in [2.05, 4.69) is 18.2 Å². The summed E-state index contributed by atoms with van der Waals surface area (Å²) < 4.78 is 5.40. The van der Waals surface area contributed by atoms with Crippen LogP contribution in [-0.2, 0) is 12.8 Å². The Labute approximate surface area is 193 Å². The lowest BCUT2D eigenvalue weighted by molar-refractivity contribution is 0.0740. The topological polar surface area (TPSA) is 42.4 Å². The summed E-state index contributed by atoms with van der Waals surface area (Å²) in [5.41, 5.74) is 8.06. The van der Waals surface area contributed by atoms with Crippen LogP contribution in [0.25, 0.3) is 5.57 Å². The molecule has 162 valence electrons. The van der Waals surface area contributed by atoms with Crippen molar-refractivity contribution in [2.24, 2.45) is 0 Å². The quantitative estimate of drug-likeness (QED) is 0.518. The van der Waals surface area contributed by atoms with Crippen LogP contribution in [0.15, 0.2) is 66.4 Å². The van der Waals surface area contributed by atoms with E-state index in [0.717, 1.165) is 36.4 Å². The molecule has 0 unspecified atom stereocenters. The van der Waals surface area contributed by atoms with E-state index in [4.69, 9.17) is 21.3 Å². The Kier molecular flexibility index (Phi) is 5.71. The van der Waals surface area contributed by atoms with Crippen LogP contribution in [0.1, 0.15) is 45.6 Å². The van der Waals surface area contributed by atoms with Gasteiger partial charge in [0.1, 0.15) is 5.75 Å². The summed E-state index contributed by atoms with van der Waals surface area (Å²) in [6.45, 7) is 1.36. The van der Waals surface area contributed by atoms with Crippen LogP contribution in [-0.4, -0.2) is 36.0 Å². The number of rotatable bonds is 2. The van der Waals surface area contributed by atoms with Crippen molar-refractivity contribution in [2.45, 2.75) is 25.7 Å². The zero-order valence-corrected chi connectivity index (χ0v) is 18.9. The van der Waals surface area contributed by atoms with E-state index in [0.29, 0.717) is 24.4 Å². The number of methoxy groups -OCH3 is 1. The molecule has 4 nitrogen and oxygen atoms in total. The summed E-state index contributed by atoms with van der Waals surface area (Å²) >= 11 is 6.33. The van der Waals surface area contributed by atoms with Crippen LogP contribution in [0.3, 0.4) is 0 Å². The van der Waals surface area contributed by atoms with E-state index in [1.165, 1.54) is 27.8 Å². The molecule has 32 heavy (non-hydrogen) atoms. The van der Waals surface area contributed by atoms with Gasteiger partial charge in [-0.05, 0) is 72.7 Å². The van der Waals surface area contributed by atoms with E-state index in [9.17, 15) is 4.79 Å². The number of carbonyl (C=O) groups excluding carboxylic acids is 1. The lowest BCUT2D eigenvalue weighted by atomic mass is 9.88. The van der Waals surface area contributed by atoms with Crippen LogP contribution < -0.4 is 4.74 Å². The molecule has 0 saturated carbocycles. The van der Waals surface area contributed by atoms with Gasteiger partial charge in [-0.3, -0.25) is 9.78 Å². The molecule has 0 N–H and O–H groups in total. The van der Waals surface area contributed by atoms with Crippen molar-refractivity contribution >= 4 is 23.1 Å². The van der Waals surface area contributed by atoms with Gasteiger partial charge in [0.15, 0.2) is 0 Å². The lowest BCUT2D eigenvalue weighted by Crippen LogP contribution is -2.36. The standard InChI is InChI=1S/C27H25ClN2O2/c1-32-24-7-3-2-6-23(24)27(31)30-15-12-18(13-16-30)25-22-11-10-21(28)17-20(22)9-8-19-5-4-14-29-26(19)25/h2-7,10-11,14,17H,8-9,12-13,15-16H2,1H3. The first-order valence-corrected chi connectivity index (χ1v) is 11.4. The second-order valence-corrected chi connectivity index (χ2v) is 8.72. The molecule has 5 heteroatoms. The fourth-order valence-corrected chi connectivity index (χ4v) is 5.05.